The third-order valence-corrected chi connectivity index (χ3v) is 4.98. The summed E-state index contributed by atoms with van der Waals surface area (Å²) in [5.41, 5.74) is 3.39. The van der Waals surface area contributed by atoms with Crippen LogP contribution in [0.25, 0.3) is 5.95 Å². The van der Waals surface area contributed by atoms with Gasteiger partial charge in [-0.05, 0) is 64.4 Å². The molecule has 0 bridgehead atoms. The molecule has 1 amide bonds. The van der Waals surface area contributed by atoms with E-state index in [0.29, 0.717) is 34.9 Å². The molecule has 0 aliphatic rings. The fraction of sp³-hybridized carbons (Fsp3) is 0.348. The van der Waals surface area contributed by atoms with Crippen molar-refractivity contribution in [2.24, 2.45) is 0 Å². The van der Waals surface area contributed by atoms with Gasteiger partial charge in [-0.2, -0.15) is 5.10 Å². The molecule has 0 fully saturated rings. The maximum Gasteiger partial charge on any atom is 0.338 e. The van der Waals surface area contributed by atoms with E-state index in [1.54, 1.807) is 42.8 Å². The number of ether oxygens (including phenoxy) is 1. The van der Waals surface area contributed by atoms with E-state index in [2.05, 4.69) is 15.4 Å². The molecule has 0 radical (unpaired) electrons. The first-order valence-corrected chi connectivity index (χ1v) is 10.5. The molecule has 0 atom stereocenters. The van der Waals surface area contributed by atoms with Crippen molar-refractivity contribution in [3.63, 3.8) is 0 Å². The van der Waals surface area contributed by atoms with Crippen molar-refractivity contribution in [2.75, 3.05) is 11.9 Å². The number of rotatable bonds is 7. The molecule has 0 spiro atoms. The highest BCUT2D eigenvalue weighted by Crippen LogP contribution is 2.14. The third-order valence-electron chi connectivity index (χ3n) is 4.98. The Hall–Kier alpha value is -3.75. The lowest BCUT2D eigenvalue weighted by Gasteiger charge is -2.16. The van der Waals surface area contributed by atoms with Crippen LogP contribution in [0, 0.1) is 20.8 Å². The quantitative estimate of drug-likeness (QED) is 0.570. The molecule has 9 heteroatoms. The third kappa shape index (κ3) is 4.77. The first-order chi connectivity index (χ1) is 15.2. The molecule has 0 saturated heterocycles. The molecule has 3 rings (SSSR count). The zero-order chi connectivity index (χ0) is 23.4. The highest BCUT2D eigenvalue weighted by molar-refractivity contribution is 5.93. The molecular weight excluding hydrogens is 410 g/mol. The van der Waals surface area contributed by atoms with Gasteiger partial charge in [-0.1, -0.05) is 6.92 Å². The van der Waals surface area contributed by atoms with E-state index in [1.807, 2.05) is 26.8 Å². The Balaban J connectivity index is 1.90. The van der Waals surface area contributed by atoms with Crippen LogP contribution < -0.4 is 10.9 Å². The number of carbonyl (C=O) groups excluding carboxylic acids is 2. The zero-order valence-corrected chi connectivity index (χ0v) is 18.9. The lowest BCUT2D eigenvalue weighted by atomic mass is 10.2. The van der Waals surface area contributed by atoms with Crippen molar-refractivity contribution in [3.8, 4) is 5.95 Å². The highest BCUT2D eigenvalue weighted by Gasteiger charge is 2.19. The Morgan fingerprint density at radius 2 is 1.78 bits per heavy atom. The largest absolute Gasteiger partial charge is 0.462 e. The molecule has 1 aromatic carbocycles. The van der Waals surface area contributed by atoms with Crippen molar-refractivity contribution in [1.29, 1.82) is 0 Å². The summed E-state index contributed by atoms with van der Waals surface area (Å²) in [6, 6.07) is 8.25. The summed E-state index contributed by atoms with van der Waals surface area (Å²) in [6.07, 6.45) is 0.506. The average molecular weight is 438 g/mol. The smallest absolute Gasteiger partial charge is 0.338 e. The van der Waals surface area contributed by atoms with Gasteiger partial charge in [0.15, 0.2) is 0 Å². The number of nitrogens with one attached hydrogen (secondary N) is 1. The molecule has 0 aliphatic heterocycles. The molecule has 0 unspecified atom stereocenters. The Morgan fingerprint density at radius 3 is 2.34 bits per heavy atom. The minimum absolute atomic E-state index is 0.230. The van der Waals surface area contributed by atoms with Crippen LogP contribution in [0.5, 0.6) is 0 Å². The summed E-state index contributed by atoms with van der Waals surface area (Å²) < 4.78 is 7.87. The Morgan fingerprint density at radius 1 is 1.09 bits per heavy atom. The van der Waals surface area contributed by atoms with E-state index in [-0.39, 0.29) is 18.7 Å². The number of anilines is 1. The fourth-order valence-corrected chi connectivity index (χ4v) is 3.48. The second kappa shape index (κ2) is 9.59. The SMILES string of the molecule is CCOC(=O)c1ccc(NC(=O)Cn2c(-n3nc(C)cc3C)nc(C)c(CC)c2=O)cc1. The van der Waals surface area contributed by atoms with Gasteiger partial charge in [-0.15, -0.1) is 0 Å². The van der Waals surface area contributed by atoms with E-state index < -0.39 is 11.9 Å². The molecule has 2 heterocycles. The van der Waals surface area contributed by atoms with Crippen LogP contribution >= 0.6 is 0 Å². The summed E-state index contributed by atoms with van der Waals surface area (Å²) in [5, 5.41) is 7.19. The van der Waals surface area contributed by atoms with Gasteiger partial charge in [0.25, 0.3) is 5.56 Å². The lowest BCUT2D eigenvalue weighted by Crippen LogP contribution is -2.34. The normalized spacial score (nSPS) is 10.8. The van der Waals surface area contributed by atoms with Gasteiger partial charge in [0.05, 0.1) is 23.6 Å². The van der Waals surface area contributed by atoms with E-state index in [0.717, 1.165) is 11.4 Å². The number of carbonyl (C=O) groups is 2. The van der Waals surface area contributed by atoms with Gasteiger partial charge >= 0.3 is 5.97 Å². The Bertz CT molecular complexity index is 1210. The number of hydrogen-bond acceptors (Lipinski definition) is 6. The minimum atomic E-state index is -0.427. The Labute approximate surface area is 186 Å². The fourth-order valence-electron chi connectivity index (χ4n) is 3.48. The molecule has 9 nitrogen and oxygen atoms in total. The molecule has 0 aliphatic carbocycles. The van der Waals surface area contributed by atoms with Crippen LogP contribution in [0.3, 0.4) is 0 Å². The summed E-state index contributed by atoms with van der Waals surface area (Å²) in [5.74, 6) is -0.529. The van der Waals surface area contributed by atoms with Crippen LogP contribution in [0.1, 0.15) is 46.9 Å². The second-order valence-corrected chi connectivity index (χ2v) is 7.41. The van der Waals surface area contributed by atoms with Crippen LogP contribution in [0.2, 0.25) is 0 Å². The predicted molar refractivity (Wildman–Crippen MR) is 120 cm³/mol. The van der Waals surface area contributed by atoms with Crippen LogP contribution in [0.15, 0.2) is 35.1 Å². The van der Waals surface area contributed by atoms with Crippen molar-refractivity contribution in [3.05, 3.63) is 68.9 Å². The Kier molecular flexibility index (Phi) is 6.87. The van der Waals surface area contributed by atoms with E-state index in [4.69, 9.17) is 4.74 Å². The summed E-state index contributed by atoms with van der Waals surface area (Å²) in [7, 11) is 0. The molecular formula is C23H27N5O4. The minimum Gasteiger partial charge on any atom is -0.462 e. The number of hydrogen-bond donors (Lipinski definition) is 1. The molecule has 168 valence electrons. The number of nitrogens with zero attached hydrogens (tertiary/aromatic N) is 4. The van der Waals surface area contributed by atoms with Crippen molar-refractivity contribution >= 4 is 17.6 Å². The van der Waals surface area contributed by atoms with E-state index >= 15 is 0 Å². The number of esters is 1. The molecule has 1 N–H and O–H groups in total. The van der Waals surface area contributed by atoms with Crippen LogP contribution in [0.4, 0.5) is 5.69 Å². The first kappa shape index (κ1) is 22.9. The molecule has 0 saturated carbocycles. The monoisotopic (exact) mass is 437 g/mol. The lowest BCUT2D eigenvalue weighted by molar-refractivity contribution is -0.116. The topological polar surface area (TPSA) is 108 Å². The van der Waals surface area contributed by atoms with Gasteiger partial charge < -0.3 is 10.1 Å². The standard InChI is InChI=1S/C23H27N5O4/c1-6-19-16(5)24-23(28-15(4)12-14(3)26-28)27(21(19)30)13-20(29)25-18-10-8-17(9-11-18)22(31)32-7-2/h8-12H,6-7,13H2,1-5H3,(H,25,29). The van der Waals surface area contributed by atoms with Crippen LogP contribution in [-0.4, -0.2) is 37.8 Å². The van der Waals surface area contributed by atoms with Crippen molar-refractivity contribution in [2.45, 2.75) is 47.6 Å². The predicted octanol–water partition coefficient (Wildman–Crippen LogP) is 2.73. The van der Waals surface area contributed by atoms with Crippen molar-refractivity contribution in [1.82, 2.24) is 19.3 Å². The van der Waals surface area contributed by atoms with Crippen molar-refractivity contribution < 1.29 is 14.3 Å². The second-order valence-electron chi connectivity index (χ2n) is 7.41. The summed E-state index contributed by atoms with van der Waals surface area (Å²) in [4.78, 5) is 42.3. The van der Waals surface area contributed by atoms with Gasteiger partial charge in [0, 0.05) is 16.9 Å². The van der Waals surface area contributed by atoms with Gasteiger partial charge in [-0.3, -0.25) is 14.2 Å². The average Bonchev–Trinajstić information content (AvgIpc) is 3.08. The van der Waals surface area contributed by atoms with Gasteiger partial charge in [0.2, 0.25) is 11.9 Å². The number of aromatic nitrogens is 4. The van der Waals surface area contributed by atoms with Gasteiger partial charge in [-0.25, -0.2) is 14.5 Å². The molecule has 32 heavy (non-hydrogen) atoms. The van der Waals surface area contributed by atoms with Gasteiger partial charge in [0.1, 0.15) is 6.54 Å². The van der Waals surface area contributed by atoms with E-state index in [9.17, 15) is 14.4 Å². The maximum absolute atomic E-state index is 13.2. The highest BCUT2D eigenvalue weighted by atomic mass is 16.5. The van der Waals surface area contributed by atoms with E-state index in [1.165, 1.54) is 4.57 Å². The van der Waals surface area contributed by atoms with Crippen LogP contribution in [-0.2, 0) is 22.5 Å². The summed E-state index contributed by atoms with van der Waals surface area (Å²) in [6.45, 7) is 9.17. The first-order valence-electron chi connectivity index (χ1n) is 10.5. The molecule has 3 aromatic rings. The molecule has 2 aromatic heterocycles. The summed E-state index contributed by atoms with van der Waals surface area (Å²) >= 11 is 0. The number of amides is 1. The number of aryl methyl sites for hydroxylation is 3. The zero-order valence-electron chi connectivity index (χ0n) is 18.9. The number of benzene rings is 1. The maximum atomic E-state index is 13.2.